The lowest BCUT2D eigenvalue weighted by atomic mass is 10.2. The van der Waals surface area contributed by atoms with Crippen molar-refractivity contribution in [2.45, 2.75) is 6.42 Å². The van der Waals surface area contributed by atoms with Crippen molar-refractivity contribution < 1.29 is 9.72 Å². The van der Waals surface area contributed by atoms with Crippen LogP contribution in [-0.2, 0) is 4.79 Å². The van der Waals surface area contributed by atoms with Crippen LogP contribution in [-0.4, -0.2) is 58.4 Å². The van der Waals surface area contributed by atoms with E-state index in [4.69, 9.17) is 0 Å². The normalized spacial score (nSPS) is 14.8. The zero-order chi connectivity index (χ0) is 20.2. The maximum absolute atomic E-state index is 12.2. The van der Waals surface area contributed by atoms with Gasteiger partial charge in [-0.05, 0) is 17.5 Å². The minimum atomic E-state index is -0.476. The topological polar surface area (TPSA) is 104 Å². The van der Waals surface area contributed by atoms with E-state index in [0.29, 0.717) is 18.7 Å². The second-order valence-corrected chi connectivity index (χ2v) is 7.67. The number of benzene rings is 1. The van der Waals surface area contributed by atoms with E-state index in [1.807, 2.05) is 5.38 Å². The highest BCUT2D eigenvalue weighted by molar-refractivity contribution is 7.16. The largest absolute Gasteiger partial charge is 0.353 e. The first-order valence-electron chi connectivity index (χ1n) is 9.30. The number of non-ortho nitro benzene ring substituents is 1. The Labute approximate surface area is 171 Å². The van der Waals surface area contributed by atoms with E-state index in [2.05, 4.69) is 31.2 Å². The van der Waals surface area contributed by atoms with Gasteiger partial charge in [-0.1, -0.05) is 6.07 Å². The van der Waals surface area contributed by atoms with Crippen LogP contribution in [0.3, 0.4) is 0 Å². The zero-order valence-corrected chi connectivity index (χ0v) is 16.5. The molecule has 3 heterocycles. The SMILES string of the molecule is O=C(CCN1CCN(c2ncnc3sccc23)CC1)Nc1cccc([N+](=O)[O-])c1. The van der Waals surface area contributed by atoms with Crippen molar-refractivity contribution in [1.29, 1.82) is 0 Å². The van der Waals surface area contributed by atoms with Crippen LogP contribution in [0.4, 0.5) is 17.2 Å². The molecule has 0 bridgehead atoms. The van der Waals surface area contributed by atoms with Crippen LogP contribution in [0, 0.1) is 10.1 Å². The van der Waals surface area contributed by atoms with Crippen molar-refractivity contribution in [3.8, 4) is 0 Å². The first kappa shape index (κ1) is 19.2. The second kappa shape index (κ2) is 8.50. The molecule has 1 amide bonds. The van der Waals surface area contributed by atoms with Gasteiger partial charge in [-0.25, -0.2) is 9.97 Å². The lowest BCUT2D eigenvalue weighted by Crippen LogP contribution is -2.47. The Hall–Kier alpha value is -3.11. The highest BCUT2D eigenvalue weighted by Gasteiger charge is 2.20. The number of nitro groups is 1. The number of nitro benzene ring substituents is 1. The molecule has 29 heavy (non-hydrogen) atoms. The molecule has 1 fully saturated rings. The standard InChI is InChI=1S/C19H20N6O3S/c26-17(22-14-2-1-3-15(12-14)25(27)28)4-6-23-7-9-24(10-8-23)18-16-5-11-29-19(16)21-13-20-18/h1-3,5,11-13H,4,6-10H2,(H,22,26). The summed E-state index contributed by atoms with van der Waals surface area (Å²) in [6, 6.07) is 8.03. The fourth-order valence-corrected chi connectivity index (χ4v) is 4.12. The lowest BCUT2D eigenvalue weighted by Gasteiger charge is -2.35. The van der Waals surface area contributed by atoms with Gasteiger partial charge in [0.15, 0.2) is 0 Å². The van der Waals surface area contributed by atoms with Crippen LogP contribution in [0.15, 0.2) is 42.0 Å². The molecule has 4 rings (SSSR count). The Balaban J connectivity index is 1.27. The van der Waals surface area contributed by atoms with Crippen molar-refractivity contribution in [3.63, 3.8) is 0 Å². The number of nitrogens with one attached hydrogen (secondary N) is 1. The maximum Gasteiger partial charge on any atom is 0.271 e. The van der Waals surface area contributed by atoms with E-state index in [-0.39, 0.29) is 11.6 Å². The molecule has 1 N–H and O–H groups in total. The Morgan fingerprint density at radius 3 is 2.83 bits per heavy atom. The molecule has 10 heteroatoms. The molecule has 1 aromatic carbocycles. The van der Waals surface area contributed by atoms with Crippen LogP contribution in [0.5, 0.6) is 0 Å². The van der Waals surface area contributed by atoms with Crippen LogP contribution >= 0.6 is 11.3 Å². The van der Waals surface area contributed by atoms with Gasteiger partial charge in [0, 0.05) is 57.0 Å². The molecule has 0 aliphatic carbocycles. The number of hydrogen-bond acceptors (Lipinski definition) is 8. The van der Waals surface area contributed by atoms with Crippen molar-refractivity contribution in [3.05, 3.63) is 52.2 Å². The van der Waals surface area contributed by atoms with Gasteiger partial charge < -0.3 is 10.2 Å². The predicted octanol–water partition coefficient (Wildman–Crippen LogP) is 2.75. The molecule has 2 aromatic heterocycles. The average Bonchev–Trinajstić information content (AvgIpc) is 3.22. The third kappa shape index (κ3) is 4.49. The van der Waals surface area contributed by atoms with E-state index in [0.717, 1.165) is 42.2 Å². The van der Waals surface area contributed by atoms with Gasteiger partial charge in [-0.3, -0.25) is 19.8 Å². The lowest BCUT2D eigenvalue weighted by molar-refractivity contribution is -0.384. The molecule has 0 radical (unpaired) electrons. The Morgan fingerprint density at radius 1 is 1.21 bits per heavy atom. The summed E-state index contributed by atoms with van der Waals surface area (Å²) >= 11 is 1.61. The number of thiophene rings is 1. The molecule has 0 unspecified atom stereocenters. The third-order valence-corrected chi connectivity index (χ3v) is 5.73. The summed E-state index contributed by atoms with van der Waals surface area (Å²) in [6.45, 7) is 4.02. The molecule has 1 aliphatic heterocycles. The number of hydrogen-bond donors (Lipinski definition) is 1. The molecular formula is C19H20N6O3S. The number of anilines is 2. The number of carbonyl (C=O) groups is 1. The number of fused-ring (bicyclic) bond motifs is 1. The number of rotatable bonds is 6. The third-order valence-electron chi connectivity index (χ3n) is 4.91. The monoisotopic (exact) mass is 412 g/mol. The predicted molar refractivity (Wildman–Crippen MR) is 112 cm³/mol. The highest BCUT2D eigenvalue weighted by atomic mass is 32.1. The minimum Gasteiger partial charge on any atom is -0.353 e. The maximum atomic E-state index is 12.2. The van der Waals surface area contributed by atoms with Gasteiger partial charge in [0.2, 0.25) is 5.91 Å². The van der Waals surface area contributed by atoms with Gasteiger partial charge in [0.1, 0.15) is 17.0 Å². The van der Waals surface area contributed by atoms with Crippen molar-refractivity contribution >= 4 is 44.7 Å². The first-order chi connectivity index (χ1) is 14.1. The fourth-order valence-electron chi connectivity index (χ4n) is 3.39. The Bertz CT molecular complexity index is 1030. The summed E-state index contributed by atoms with van der Waals surface area (Å²) in [5.74, 6) is 0.822. The van der Waals surface area contributed by atoms with E-state index in [9.17, 15) is 14.9 Å². The van der Waals surface area contributed by atoms with Gasteiger partial charge in [-0.15, -0.1) is 11.3 Å². The molecule has 0 spiro atoms. The smallest absolute Gasteiger partial charge is 0.271 e. The van der Waals surface area contributed by atoms with Crippen molar-refractivity contribution in [2.75, 3.05) is 42.9 Å². The summed E-state index contributed by atoms with van der Waals surface area (Å²) in [5.41, 5.74) is 0.404. The molecule has 1 saturated heterocycles. The molecule has 150 valence electrons. The Kier molecular flexibility index (Phi) is 5.63. The van der Waals surface area contributed by atoms with E-state index in [1.165, 1.54) is 12.1 Å². The van der Waals surface area contributed by atoms with Crippen molar-refractivity contribution in [1.82, 2.24) is 14.9 Å². The summed E-state index contributed by atoms with van der Waals surface area (Å²) in [5, 5.41) is 16.7. The van der Waals surface area contributed by atoms with E-state index >= 15 is 0 Å². The van der Waals surface area contributed by atoms with Gasteiger partial charge in [-0.2, -0.15) is 0 Å². The molecule has 0 atom stereocenters. The van der Waals surface area contributed by atoms with Gasteiger partial charge >= 0.3 is 0 Å². The first-order valence-corrected chi connectivity index (χ1v) is 10.2. The molecule has 0 saturated carbocycles. The zero-order valence-electron chi connectivity index (χ0n) is 15.7. The van der Waals surface area contributed by atoms with Gasteiger partial charge in [0.25, 0.3) is 5.69 Å². The molecule has 9 nitrogen and oxygen atoms in total. The quantitative estimate of drug-likeness (QED) is 0.490. The Morgan fingerprint density at radius 2 is 2.03 bits per heavy atom. The van der Waals surface area contributed by atoms with E-state index < -0.39 is 4.92 Å². The molecular weight excluding hydrogens is 392 g/mol. The molecule has 1 aliphatic rings. The second-order valence-electron chi connectivity index (χ2n) is 6.77. The summed E-state index contributed by atoms with van der Waals surface area (Å²) < 4.78 is 0. The van der Waals surface area contributed by atoms with Crippen LogP contribution in [0.1, 0.15) is 6.42 Å². The number of aromatic nitrogens is 2. The highest BCUT2D eigenvalue weighted by Crippen LogP contribution is 2.27. The number of amides is 1. The van der Waals surface area contributed by atoms with Crippen LogP contribution in [0.2, 0.25) is 0 Å². The summed E-state index contributed by atoms with van der Waals surface area (Å²) in [4.78, 5) is 36.8. The number of piperazine rings is 1. The van der Waals surface area contributed by atoms with Crippen LogP contribution in [0.25, 0.3) is 10.2 Å². The number of nitrogens with zero attached hydrogens (tertiary/aromatic N) is 5. The summed E-state index contributed by atoms with van der Waals surface area (Å²) in [7, 11) is 0. The van der Waals surface area contributed by atoms with Crippen LogP contribution < -0.4 is 10.2 Å². The van der Waals surface area contributed by atoms with E-state index in [1.54, 1.807) is 29.8 Å². The average molecular weight is 412 g/mol. The minimum absolute atomic E-state index is 0.0385. The van der Waals surface area contributed by atoms with Crippen molar-refractivity contribution in [2.24, 2.45) is 0 Å². The van der Waals surface area contributed by atoms with Gasteiger partial charge in [0.05, 0.1) is 10.3 Å². The number of carbonyl (C=O) groups excluding carboxylic acids is 1. The fraction of sp³-hybridized carbons (Fsp3) is 0.316. The summed E-state index contributed by atoms with van der Waals surface area (Å²) in [6.07, 6.45) is 1.95. The molecule has 3 aromatic rings.